The molecule has 0 aliphatic carbocycles. The number of carbonyl (C=O) groups is 2. The van der Waals surface area contributed by atoms with Crippen molar-refractivity contribution in [2.45, 2.75) is 38.9 Å². The molecule has 0 fully saturated rings. The molecule has 0 saturated carbocycles. The van der Waals surface area contributed by atoms with Crippen LogP contribution in [0.25, 0.3) is 0 Å². The van der Waals surface area contributed by atoms with Gasteiger partial charge >= 0.3 is 6.18 Å². The summed E-state index contributed by atoms with van der Waals surface area (Å²) in [5, 5.41) is 0. The van der Waals surface area contributed by atoms with Gasteiger partial charge in [-0.25, -0.2) is 0 Å². The summed E-state index contributed by atoms with van der Waals surface area (Å²) in [7, 11) is 0. The number of benzene rings is 2. The molecule has 0 N–H and O–H groups in total. The number of alkyl halides is 3. The molecule has 1 amide bonds. The van der Waals surface area contributed by atoms with E-state index in [1.54, 1.807) is 12.1 Å². The Bertz CT molecular complexity index is 877. The number of fused-ring (bicyclic) bond motifs is 1. The number of rotatable bonds is 2. The molecule has 1 heterocycles. The molecule has 0 atom stereocenters. The minimum Gasteiger partial charge on any atom is -0.300 e. The number of Topliss-reactive ketones (excluding diaryl/α,β-unsaturated/α-hetero) is 1. The molecule has 0 saturated heterocycles. The fraction of sp³-hybridized carbons (Fsp3) is 0.300. The third kappa shape index (κ3) is 3.11. The average Bonchev–Trinajstić information content (AvgIpc) is 2.79. The number of hydrogen-bond donors (Lipinski definition) is 0. The first-order valence-electron chi connectivity index (χ1n) is 8.16. The summed E-state index contributed by atoms with van der Waals surface area (Å²) in [5.74, 6) is -1.84. The molecule has 3 nitrogen and oxygen atoms in total. The zero-order valence-corrected chi connectivity index (χ0v) is 14.6. The number of hydrogen-bond acceptors (Lipinski definition) is 2. The maximum Gasteiger partial charge on any atom is 0.418 e. The van der Waals surface area contributed by atoms with Gasteiger partial charge in [0.2, 0.25) is 0 Å². The summed E-state index contributed by atoms with van der Waals surface area (Å²) in [6.45, 7) is 6.07. The van der Waals surface area contributed by atoms with Gasteiger partial charge in [-0.1, -0.05) is 51.1 Å². The highest BCUT2D eigenvalue weighted by Crippen LogP contribution is 2.42. The van der Waals surface area contributed by atoms with Crippen LogP contribution in [0.1, 0.15) is 47.8 Å². The van der Waals surface area contributed by atoms with E-state index in [1.165, 1.54) is 6.07 Å². The van der Waals surface area contributed by atoms with Crippen LogP contribution in [0.15, 0.2) is 42.5 Å². The summed E-state index contributed by atoms with van der Waals surface area (Å²) in [5.41, 5.74) is 0.144. The van der Waals surface area contributed by atoms with Gasteiger partial charge in [0.25, 0.3) is 11.7 Å². The standard InChI is InChI=1S/C20H18F3NO2/c1-19(2,3)13-9-7-12(8-10-13)11-24-16-14(17(25)18(24)26)5-4-6-15(16)20(21,22)23/h4-10H,11H2,1-3H3. The van der Waals surface area contributed by atoms with Crippen molar-refractivity contribution in [2.75, 3.05) is 4.90 Å². The first-order chi connectivity index (χ1) is 12.0. The van der Waals surface area contributed by atoms with Crippen LogP contribution in [-0.2, 0) is 22.9 Å². The lowest BCUT2D eigenvalue weighted by molar-refractivity contribution is -0.137. The summed E-state index contributed by atoms with van der Waals surface area (Å²) in [6.07, 6.45) is -4.65. The Hall–Kier alpha value is -2.63. The Morgan fingerprint density at radius 3 is 2.08 bits per heavy atom. The highest BCUT2D eigenvalue weighted by atomic mass is 19.4. The number of nitrogens with zero attached hydrogens (tertiary/aromatic N) is 1. The zero-order chi connectivity index (χ0) is 19.3. The van der Waals surface area contributed by atoms with Gasteiger partial charge in [0.1, 0.15) is 0 Å². The van der Waals surface area contributed by atoms with Crippen molar-refractivity contribution in [3.63, 3.8) is 0 Å². The van der Waals surface area contributed by atoms with Gasteiger partial charge < -0.3 is 0 Å². The van der Waals surface area contributed by atoms with E-state index in [4.69, 9.17) is 0 Å². The van der Waals surface area contributed by atoms with E-state index in [2.05, 4.69) is 20.8 Å². The van der Waals surface area contributed by atoms with Crippen molar-refractivity contribution >= 4 is 17.4 Å². The zero-order valence-electron chi connectivity index (χ0n) is 14.6. The maximum atomic E-state index is 13.3. The lowest BCUT2D eigenvalue weighted by atomic mass is 9.87. The third-order valence-corrected chi connectivity index (χ3v) is 4.46. The lowest BCUT2D eigenvalue weighted by Gasteiger charge is -2.22. The van der Waals surface area contributed by atoms with E-state index in [9.17, 15) is 22.8 Å². The van der Waals surface area contributed by atoms with Crippen LogP contribution < -0.4 is 4.90 Å². The van der Waals surface area contributed by atoms with Gasteiger partial charge in [-0.3, -0.25) is 14.5 Å². The highest BCUT2D eigenvalue weighted by Gasteiger charge is 2.44. The number of anilines is 1. The van der Waals surface area contributed by atoms with Gasteiger partial charge in [0, 0.05) is 0 Å². The normalized spacial score (nSPS) is 14.8. The fourth-order valence-corrected chi connectivity index (χ4v) is 3.03. The fourth-order valence-electron chi connectivity index (χ4n) is 3.03. The van der Waals surface area contributed by atoms with Crippen LogP contribution in [0.4, 0.5) is 18.9 Å². The van der Waals surface area contributed by atoms with E-state index in [0.717, 1.165) is 22.6 Å². The molecule has 0 spiro atoms. The number of amides is 1. The minimum atomic E-state index is -4.65. The molecule has 3 rings (SSSR count). The molecule has 136 valence electrons. The second-order valence-corrected chi connectivity index (χ2v) is 7.37. The van der Waals surface area contributed by atoms with Gasteiger partial charge in [0.05, 0.1) is 23.4 Å². The topological polar surface area (TPSA) is 37.4 Å². The predicted octanol–water partition coefficient (Wildman–Crippen LogP) is 4.73. The Labute approximate surface area is 149 Å². The molecule has 2 aromatic carbocycles. The van der Waals surface area contributed by atoms with Crippen LogP contribution in [0.3, 0.4) is 0 Å². The minimum absolute atomic E-state index is 0.0615. The van der Waals surface area contributed by atoms with Crippen LogP contribution in [0, 0.1) is 0 Å². The van der Waals surface area contributed by atoms with Crippen molar-refractivity contribution in [1.29, 1.82) is 0 Å². The molecule has 26 heavy (non-hydrogen) atoms. The van der Waals surface area contributed by atoms with Crippen LogP contribution in [-0.4, -0.2) is 11.7 Å². The van der Waals surface area contributed by atoms with Crippen molar-refractivity contribution in [3.8, 4) is 0 Å². The third-order valence-electron chi connectivity index (χ3n) is 4.46. The quantitative estimate of drug-likeness (QED) is 0.725. The van der Waals surface area contributed by atoms with Crippen molar-refractivity contribution in [2.24, 2.45) is 0 Å². The van der Waals surface area contributed by atoms with Crippen LogP contribution in [0.5, 0.6) is 0 Å². The summed E-state index contributed by atoms with van der Waals surface area (Å²) < 4.78 is 40.0. The van der Waals surface area contributed by atoms with E-state index >= 15 is 0 Å². The monoisotopic (exact) mass is 361 g/mol. The summed E-state index contributed by atoms with van der Waals surface area (Å²) >= 11 is 0. The highest BCUT2D eigenvalue weighted by molar-refractivity contribution is 6.52. The van der Waals surface area contributed by atoms with Crippen LogP contribution in [0.2, 0.25) is 0 Å². The Balaban J connectivity index is 2.00. The van der Waals surface area contributed by atoms with Gasteiger partial charge in [-0.2, -0.15) is 13.2 Å². The van der Waals surface area contributed by atoms with E-state index in [-0.39, 0.29) is 23.2 Å². The average molecular weight is 361 g/mol. The Kier molecular flexibility index (Phi) is 4.17. The van der Waals surface area contributed by atoms with E-state index < -0.39 is 23.4 Å². The number of para-hydroxylation sites is 1. The Morgan fingerprint density at radius 2 is 1.54 bits per heavy atom. The molecule has 2 aromatic rings. The maximum absolute atomic E-state index is 13.3. The molecule has 1 aliphatic rings. The molecule has 6 heteroatoms. The summed E-state index contributed by atoms with van der Waals surface area (Å²) in [4.78, 5) is 25.3. The van der Waals surface area contributed by atoms with Crippen LogP contribution >= 0.6 is 0 Å². The number of carbonyl (C=O) groups excluding carboxylic acids is 2. The first-order valence-corrected chi connectivity index (χ1v) is 8.16. The van der Waals surface area contributed by atoms with Crippen molar-refractivity contribution in [3.05, 3.63) is 64.7 Å². The number of ketones is 1. The Morgan fingerprint density at radius 1 is 0.923 bits per heavy atom. The molecule has 0 radical (unpaired) electrons. The number of halogens is 3. The largest absolute Gasteiger partial charge is 0.418 e. The van der Waals surface area contributed by atoms with Gasteiger partial charge in [-0.05, 0) is 28.7 Å². The van der Waals surface area contributed by atoms with Crippen molar-refractivity contribution in [1.82, 2.24) is 0 Å². The predicted molar refractivity (Wildman–Crippen MR) is 92.1 cm³/mol. The first kappa shape index (κ1) is 18.2. The molecule has 1 aliphatic heterocycles. The summed E-state index contributed by atoms with van der Waals surface area (Å²) in [6, 6.07) is 10.6. The molecular formula is C20H18F3NO2. The second kappa shape index (κ2) is 5.97. The van der Waals surface area contributed by atoms with Gasteiger partial charge in [-0.15, -0.1) is 0 Å². The van der Waals surface area contributed by atoms with E-state index in [0.29, 0.717) is 5.56 Å². The van der Waals surface area contributed by atoms with Crippen molar-refractivity contribution < 1.29 is 22.8 Å². The van der Waals surface area contributed by atoms with Gasteiger partial charge in [0.15, 0.2) is 0 Å². The lowest BCUT2D eigenvalue weighted by Crippen LogP contribution is -2.30. The molecule has 0 aromatic heterocycles. The molecular weight excluding hydrogens is 343 g/mol. The smallest absolute Gasteiger partial charge is 0.300 e. The molecule has 0 unspecified atom stereocenters. The second-order valence-electron chi connectivity index (χ2n) is 7.37. The van der Waals surface area contributed by atoms with E-state index in [1.807, 2.05) is 12.1 Å². The molecule has 0 bridgehead atoms. The SMILES string of the molecule is CC(C)(C)c1ccc(CN2C(=O)C(=O)c3cccc(C(F)(F)F)c32)cc1.